The molecular formula is C29H41N3O6. The van der Waals surface area contributed by atoms with E-state index >= 15 is 0 Å². The number of para-hydroxylation sites is 2. The third-order valence-corrected chi connectivity index (χ3v) is 6.31. The lowest BCUT2D eigenvalue weighted by Crippen LogP contribution is -2.56. The van der Waals surface area contributed by atoms with Crippen LogP contribution in [0.4, 0.5) is 10.5 Å². The average molecular weight is 528 g/mol. The van der Waals surface area contributed by atoms with Gasteiger partial charge in [-0.25, -0.2) is 4.79 Å². The number of carbonyl (C=O) groups excluding carboxylic acids is 3. The lowest BCUT2D eigenvalue weighted by atomic mass is 9.97. The number of hydrogen-bond donors (Lipinski definition) is 4. The van der Waals surface area contributed by atoms with Crippen molar-refractivity contribution in [2.75, 3.05) is 11.9 Å². The van der Waals surface area contributed by atoms with Gasteiger partial charge in [0.25, 0.3) is 5.91 Å². The van der Waals surface area contributed by atoms with E-state index in [0.29, 0.717) is 17.7 Å². The molecule has 3 unspecified atom stereocenters. The summed E-state index contributed by atoms with van der Waals surface area (Å²) in [6.07, 6.45) is -0.403. The fourth-order valence-electron chi connectivity index (χ4n) is 4.13. The quantitative estimate of drug-likeness (QED) is 0.380. The lowest BCUT2D eigenvalue weighted by Gasteiger charge is -2.38. The van der Waals surface area contributed by atoms with Crippen LogP contribution < -0.4 is 10.6 Å². The first-order valence-corrected chi connectivity index (χ1v) is 12.8. The Labute approximate surface area is 225 Å². The summed E-state index contributed by atoms with van der Waals surface area (Å²) < 4.78 is 5.27. The Kier molecular flexibility index (Phi) is 10.3. The highest BCUT2D eigenvalue weighted by molar-refractivity contribution is 6.00. The topological polar surface area (TPSA) is 128 Å². The van der Waals surface area contributed by atoms with Crippen molar-refractivity contribution in [1.29, 1.82) is 0 Å². The molecule has 0 aromatic heterocycles. The van der Waals surface area contributed by atoms with E-state index in [1.165, 1.54) is 4.90 Å². The second-order valence-corrected chi connectivity index (χ2v) is 10.6. The number of aryl methyl sites for hydroxylation is 3. The standard InChI is InChI=1S/C29H41N3O6/c1-9-20(5)32(27(36)22(16-33)30-28(37)38-29(6,7)8)24(21-15-11-14-19(4)25(21)34)26(35)31-23-17(2)12-10-13-18(23)3/h10-15,20,22,24,33-34H,9,16H2,1-8H3,(H,30,37)(H,31,35). The average Bonchev–Trinajstić information content (AvgIpc) is 2.83. The zero-order valence-electron chi connectivity index (χ0n) is 23.6. The Hall–Kier alpha value is -3.59. The zero-order chi connectivity index (χ0) is 28.8. The van der Waals surface area contributed by atoms with Gasteiger partial charge in [-0.2, -0.15) is 0 Å². The Bertz CT molecular complexity index is 1140. The van der Waals surface area contributed by atoms with Crippen molar-refractivity contribution in [2.45, 2.75) is 85.5 Å². The van der Waals surface area contributed by atoms with Crippen molar-refractivity contribution in [3.63, 3.8) is 0 Å². The smallest absolute Gasteiger partial charge is 0.408 e. The van der Waals surface area contributed by atoms with E-state index in [1.54, 1.807) is 52.8 Å². The molecule has 0 aliphatic carbocycles. The summed E-state index contributed by atoms with van der Waals surface area (Å²) in [6.45, 7) is 13.4. The number of phenolic OH excluding ortho intramolecular Hbond substituents is 1. The maximum atomic E-state index is 14.0. The van der Waals surface area contributed by atoms with Crippen molar-refractivity contribution in [2.24, 2.45) is 0 Å². The van der Waals surface area contributed by atoms with Crippen LogP contribution in [0.1, 0.15) is 69.3 Å². The molecule has 0 saturated carbocycles. The van der Waals surface area contributed by atoms with Gasteiger partial charge in [0.05, 0.1) is 6.61 Å². The number of amides is 3. The summed E-state index contributed by atoms with van der Waals surface area (Å²) in [6, 6.07) is 7.49. The number of benzene rings is 2. The Morgan fingerprint density at radius 1 is 1.00 bits per heavy atom. The summed E-state index contributed by atoms with van der Waals surface area (Å²) in [7, 11) is 0. The molecule has 208 valence electrons. The molecule has 2 rings (SSSR count). The fraction of sp³-hybridized carbons (Fsp3) is 0.483. The normalized spacial score (nSPS) is 13.7. The minimum atomic E-state index is -1.37. The number of anilines is 1. The lowest BCUT2D eigenvalue weighted by molar-refractivity contribution is -0.144. The van der Waals surface area contributed by atoms with Crippen LogP contribution in [0.2, 0.25) is 0 Å². The van der Waals surface area contributed by atoms with Crippen LogP contribution in [0, 0.1) is 20.8 Å². The number of phenols is 1. The fourth-order valence-corrected chi connectivity index (χ4v) is 4.13. The molecule has 0 fully saturated rings. The van der Waals surface area contributed by atoms with Crippen LogP contribution in [0.3, 0.4) is 0 Å². The van der Waals surface area contributed by atoms with E-state index < -0.39 is 48.2 Å². The van der Waals surface area contributed by atoms with Gasteiger partial charge in [0, 0.05) is 17.3 Å². The zero-order valence-corrected chi connectivity index (χ0v) is 23.6. The Morgan fingerprint density at radius 3 is 2.08 bits per heavy atom. The maximum absolute atomic E-state index is 14.0. The van der Waals surface area contributed by atoms with E-state index in [4.69, 9.17) is 4.74 Å². The largest absolute Gasteiger partial charge is 0.507 e. The van der Waals surface area contributed by atoms with Crippen LogP contribution in [0.15, 0.2) is 36.4 Å². The van der Waals surface area contributed by atoms with Crippen molar-refractivity contribution >= 4 is 23.6 Å². The van der Waals surface area contributed by atoms with Gasteiger partial charge in [-0.3, -0.25) is 9.59 Å². The number of rotatable bonds is 9. The number of ether oxygens (including phenoxy) is 1. The molecule has 3 atom stereocenters. The molecule has 2 aromatic rings. The highest BCUT2D eigenvalue weighted by Crippen LogP contribution is 2.35. The van der Waals surface area contributed by atoms with Gasteiger partial charge >= 0.3 is 6.09 Å². The highest BCUT2D eigenvalue weighted by Gasteiger charge is 2.40. The first-order chi connectivity index (χ1) is 17.7. The predicted octanol–water partition coefficient (Wildman–Crippen LogP) is 4.51. The molecule has 0 aliphatic rings. The number of nitrogens with one attached hydrogen (secondary N) is 2. The van der Waals surface area contributed by atoms with E-state index in [1.807, 2.05) is 39.0 Å². The molecule has 9 nitrogen and oxygen atoms in total. The number of carbonyl (C=O) groups is 3. The van der Waals surface area contributed by atoms with Gasteiger partial charge in [0.1, 0.15) is 23.4 Å². The van der Waals surface area contributed by atoms with E-state index in [9.17, 15) is 24.6 Å². The molecule has 0 bridgehead atoms. The first kappa shape index (κ1) is 30.6. The van der Waals surface area contributed by atoms with Crippen LogP contribution >= 0.6 is 0 Å². The Balaban J connectivity index is 2.62. The third kappa shape index (κ3) is 7.47. The van der Waals surface area contributed by atoms with Crippen molar-refractivity contribution in [1.82, 2.24) is 10.2 Å². The molecule has 4 N–H and O–H groups in total. The van der Waals surface area contributed by atoms with Crippen molar-refractivity contribution in [3.05, 3.63) is 58.7 Å². The molecule has 0 aliphatic heterocycles. The number of aromatic hydroxyl groups is 1. The van der Waals surface area contributed by atoms with E-state index in [-0.39, 0.29) is 11.3 Å². The Morgan fingerprint density at radius 2 is 1.55 bits per heavy atom. The summed E-state index contributed by atoms with van der Waals surface area (Å²) in [5.41, 5.74) is 2.24. The number of hydrogen-bond acceptors (Lipinski definition) is 6. The van der Waals surface area contributed by atoms with Crippen LogP contribution in [-0.2, 0) is 14.3 Å². The molecule has 0 saturated heterocycles. The maximum Gasteiger partial charge on any atom is 0.408 e. The second-order valence-electron chi connectivity index (χ2n) is 10.6. The van der Waals surface area contributed by atoms with E-state index in [2.05, 4.69) is 10.6 Å². The van der Waals surface area contributed by atoms with Crippen molar-refractivity contribution in [3.8, 4) is 5.75 Å². The molecular weight excluding hydrogens is 486 g/mol. The van der Waals surface area contributed by atoms with Gasteiger partial charge in [0.15, 0.2) is 0 Å². The predicted molar refractivity (Wildman–Crippen MR) is 147 cm³/mol. The SMILES string of the molecule is CCC(C)N(C(=O)C(CO)NC(=O)OC(C)(C)C)C(C(=O)Nc1c(C)cccc1C)c1cccc(C)c1O. The van der Waals surface area contributed by atoms with Gasteiger partial charge in [-0.1, -0.05) is 43.3 Å². The monoisotopic (exact) mass is 527 g/mol. The van der Waals surface area contributed by atoms with E-state index in [0.717, 1.165) is 11.1 Å². The molecule has 38 heavy (non-hydrogen) atoms. The number of aliphatic hydroxyl groups excluding tert-OH is 1. The minimum absolute atomic E-state index is 0.115. The number of aliphatic hydroxyl groups is 1. The van der Waals surface area contributed by atoms with Crippen LogP contribution in [-0.4, -0.2) is 57.3 Å². The summed E-state index contributed by atoms with van der Waals surface area (Å²) >= 11 is 0. The molecule has 3 amide bonds. The molecule has 0 spiro atoms. The summed E-state index contributed by atoms with van der Waals surface area (Å²) in [5, 5.41) is 26.4. The second kappa shape index (κ2) is 12.8. The van der Waals surface area contributed by atoms with Gasteiger partial charge < -0.3 is 30.5 Å². The third-order valence-electron chi connectivity index (χ3n) is 6.31. The number of nitrogens with zero attached hydrogens (tertiary/aromatic N) is 1. The highest BCUT2D eigenvalue weighted by atomic mass is 16.6. The first-order valence-electron chi connectivity index (χ1n) is 12.8. The minimum Gasteiger partial charge on any atom is -0.507 e. The molecule has 9 heteroatoms. The van der Waals surface area contributed by atoms with Crippen LogP contribution in [0.5, 0.6) is 5.75 Å². The van der Waals surface area contributed by atoms with Crippen molar-refractivity contribution < 1.29 is 29.3 Å². The summed E-state index contributed by atoms with van der Waals surface area (Å²) in [5.74, 6) is -1.34. The van der Waals surface area contributed by atoms with Gasteiger partial charge in [-0.05, 0) is 71.6 Å². The summed E-state index contributed by atoms with van der Waals surface area (Å²) in [4.78, 5) is 41.7. The number of alkyl carbamates (subject to hydrolysis) is 1. The van der Waals surface area contributed by atoms with Gasteiger partial charge in [0.2, 0.25) is 5.91 Å². The molecule has 2 aromatic carbocycles. The van der Waals surface area contributed by atoms with Gasteiger partial charge in [-0.15, -0.1) is 0 Å². The molecule has 0 heterocycles. The van der Waals surface area contributed by atoms with Crippen LogP contribution in [0.25, 0.3) is 0 Å². The molecule has 0 radical (unpaired) electrons.